The second kappa shape index (κ2) is 17.3. The molecular formula is C29H35NO7. The van der Waals surface area contributed by atoms with Gasteiger partial charge in [0.25, 0.3) is 5.69 Å². The number of esters is 2. The van der Waals surface area contributed by atoms with Gasteiger partial charge in [-0.3, -0.25) is 10.1 Å². The van der Waals surface area contributed by atoms with Crippen LogP contribution in [0, 0.1) is 10.1 Å². The first kappa shape index (κ1) is 30.8. The highest BCUT2D eigenvalue weighted by Gasteiger charge is 2.03. The summed E-state index contributed by atoms with van der Waals surface area (Å²) in [6, 6.07) is 14.2. The van der Waals surface area contributed by atoms with Crippen LogP contribution in [0.5, 0.6) is 5.75 Å². The number of hydrogen-bond acceptors (Lipinski definition) is 7. The number of carbonyl (C=O) groups is 2. The Kier molecular flexibility index (Phi) is 14.4. The van der Waals surface area contributed by atoms with Gasteiger partial charge in [0.15, 0.2) is 0 Å². The molecule has 0 heterocycles. The molecule has 0 spiro atoms. The molecule has 0 N–H and O–H groups in total. The summed E-state index contributed by atoms with van der Waals surface area (Å²) in [5, 5.41) is 10.7. The largest absolute Gasteiger partial charge is 0.494 e. The topological polar surface area (TPSA) is 105 Å². The summed E-state index contributed by atoms with van der Waals surface area (Å²) in [6.07, 6.45) is 7.64. The van der Waals surface area contributed by atoms with E-state index in [9.17, 15) is 19.7 Å². The normalized spacial score (nSPS) is 10.1. The zero-order chi connectivity index (χ0) is 27.6. The second-order valence-corrected chi connectivity index (χ2v) is 8.20. The summed E-state index contributed by atoms with van der Waals surface area (Å²) in [5.41, 5.74) is 2.86. The van der Waals surface area contributed by atoms with Gasteiger partial charge in [0.1, 0.15) is 5.75 Å². The number of nitro benzene ring substituents is 1. The number of nitro groups is 1. The molecule has 0 saturated carbocycles. The molecule has 0 atom stereocenters. The molecule has 2 aromatic rings. The van der Waals surface area contributed by atoms with Crippen LogP contribution in [0.4, 0.5) is 5.69 Å². The number of nitrogens with zero attached hydrogens (tertiary/aromatic N) is 1. The van der Waals surface area contributed by atoms with Crippen LogP contribution in [-0.4, -0.2) is 37.2 Å². The maximum atomic E-state index is 11.2. The van der Waals surface area contributed by atoms with Crippen LogP contribution in [0.2, 0.25) is 0 Å². The van der Waals surface area contributed by atoms with Crippen LogP contribution >= 0.6 is 0 Å². The van der Waals surface area contributed by atoms with E-state index in [4.69, 9.17) is 9.47 Å². The Hall–Kier alpha value is -4.20. The van der Waals surface area contributed by atoms with Crippen LogP contribution in [-0.2, 0) is 19.1 Å². The predicted molar refractivity (Wildman–Crippen MR) is 145 cm³/mol. The third-order valence-electron chi connectivity index (χ3n) is 4.88. The number of methoxy groups -OCH3 is 1. The van der Waals surface area contributed by atoms with E-state index in [1.165, 1.54) is 19.2 Å². The smallest absolute Gasteiger partial charge is 0.333 e. The molecule has 198 valence electrons. The van der Waals surface area contributed by atoms with Crippen molar-refractivity contribution in [2.75, 3.05) is 20.3 Å². The lowest BCUT2D eigenvalue weighted by atomic mass is 10.1. The summed E-state index contributed by atoms with van der Waals surface area (Å²) < 4.78 is 15.1. The van der Waals surface area contributed by atoms with Gasteiger partial charge in [-0.25, -0.2) is 9.59 Å². The number of carbonyl (C=O) groups excluding carboxylic acids is 2. The number of hydrogen-bond donors (Lipinski definition) is 0. The third kappa shape index (κ3) is 13.5. The molecule has 0 aliphatic carbocycles. The van der Waals surface area contributed by atoms with E-state index in [0.29, 0.717) is 24.4 Å². The van der Waals surface area contributed by atoms with E-state index in [-0.39, 0.29) is 17.6 Å². The zero-order valence-corrected chi connectivity index (χ0v) is 21.7. The number of ether oxygens (including phenoxy) is 3. The quantitative estimate of drug-likeness (QED) is 0.0752. The van der Waals surface area contributed by atoms with Gasteiger partial charge in [0.05, 0.1) is 25.2 Å². The highest BCUT2D eigenvalue weighted by Crippen LogP contribution is 2.17. The van der Waals surface area contributed by atoms with E-state index < -0.39 is 4.92 Å². The molecule has 0 aliphatic heterocycles. The lowest BCUT2D eigenvalue weighted by molar-refractivity contribution is -0.384. The Morgan fingerprint density at radius 2 is 1.30 bits per heavy atom. The second-order valence-electron chi connectivity index (χ2n) is 8.20. The highest BCUT2D eigenvalue weighted by atomic mass is 16.6. The van der Waals surface area contributed by atoms with Crippen molar-refractivity contribution in [3.05, 3.63) is 94.1 Å². The minimum absolute atomic E-state index is 0.0832. The van der Waals surface area contributed by atoms with Crippen molar-refractivity contribution >= 4 is 29.8 Å². The molecule has 0 radical (unpaired) electrons. The van der Waals surface area contributed by atoms with Gasteiger partial charge in [-0.1, -0.05) is 37.4 Å². The van der Waals surface area contributed by atoms with Gasteiger partial charge in [-0.05, 0) is 74.9 Å². The molecule has 0 fully saturated rings. The predicted octanol–water partition coefficient (Wildman–Crippen LogP) is 6.56. The van der Waals surface area contributed by atoms with Crippen LogP contribution in [0.25, 0.3) is 12.2 Å². The van der Waals surface area contributed by atoms with Crippen molar-refractivity contribution in [2.24, 2.45) is 0 Å². The molecule has 0 aromatic heterocycles. The summed E-state index contributed by atoms with van der Waals surface area (Å²) in [5.74, 6) is 0.141. The molecule has 0 amide bonds. The van der Waals surface area contributed by atoms with Gasteiger partial charge in [-0.15, -0.1) is 0 Å². The first-order chi connectivity index (χ1) is 17.6. The first-order valence-electron chi connectivity index (χ1n) is 11.9. The minimum atomic E-state index is -0.409. The first-order valence-corrected chi connectivity index (χ1v) is 11.9. The fraction of sp³-hybridized carbons (Fsp3) is 0.310. The number of benzene rings is 2. The summed E-state index contributed by atoms with van der Waals surface area (Å²) in [4.78, 5) is 31.7. The summed E-state index contributed by atoms with van der Waals surface area (Å²) in [6.45, 7) is 11.2. The van der Waals surface area contributed by atoms with Crippen LogP contribution in [0.1, 0.15) is 50.7 Å². The number of unbranched alkanes of at least 4 members (excludes halogenated alkanes) is 3. The molecule has 0 saturated heterocycles. The maximum absolute atomic E-state index is 11.2. The van der Waals surface area contributed by atoms with Gasteiger partial charge in [0, 0.05) is 23.3 Å². The van der Waals surface area contributed by atoms with E-state index >= 15 is 0 Å². The van der Waals surface area contributed by atoms with Crippen molar-refractivity contribution in [2.45, 2.75) is 39.5 Å². The Labute approximate surface area is 218 Å². The molecule has 2 aromatic carbocycles. The molecular weight excluding hydrogens is 474 g/mol. The number of non-ortho nitro benzene ring substituents is 1. The van der Waals surface area contributed by atoms with Gasteiger partial charge < -0.3 is 14.2 Å². The summed E-state index contributed by atoms with van der Waals surface area (Å²) >= 11 is 0. The van der Waals surface area contributed by atoms with Gasteiger partial charge in [-0.2, -0.15) is 0 Å². The maximum Gasteiger partial charge on any atom is 0.333 e. The Bertz CT molecular complexity index is 1070. The zero-order valence-electron chi connectivity index (χ0n) is 21.7. The highest BCUT2D eigenvalue weighted by molar-refractivity contribution is 5.87. The van der Waals surface area contributed by atoms with E-state index in [0.717, 1.165) is 42.6 Å². The van der Waals surface area contributed by atoms with Gasteiger partial charge >= 0.3 is 11.9 Å². The average Bonchev–Trinajstić information content (AvgIpc) is 2.89. The fourth-order valence-electron chi connectivity index (χ4n) is 2.78. The molecule has 2 rings (SSSR count). The van der Waals surface area contributed by atoms with Crippen LogP contribution < -0.4 is 4.74 Å². The Morgan fingerprint density at radius 1 is 0.811 bits per heavy atom. The van der Waals surface area contributed by atoms with Crippen LogP contribution in [0.15, 0.2) is 72.8 Å². The lowest BCUT2D eigenvalue weighted by Gasteiger charge is -2.07. The monoisotopic (exact) mass is 509 g/mol. The van der Waals surface area contributed by atoms with E-state index in [2.05, 4.69) is 17.9 Å². The molecule has 0 bridgehead atoms. The van der Waals surface area contributed by atoms with Gasteiger partial charge in [0.2, 0.25) is 0 Å². The Balaban J connectivity index is 0.000000856. The third-order valence-corrected chi connectivity index (χ3v) is 4.88. The minimum Gasteiger partial charge on any atom is -0.494 e. The van der Waals surface area contributed by atoms with Crippen molar-refractivity contribution in [3.63, 3.8) is 0 Å². The van der Waals surface area contributed by atoms with E-state index in [1.54, 1.807) is 26.0 Å². The SMILES string of the molecule is C=C(C)C(=O)OC.C=C(C)C(=O)OCCCCCCOc1ccc(C=Cc2ccc([N+](=O)[O-])cc2)cc1. The van der Waals surface area contributed by atoms with Crippen molar-refractivity contribution in [1.29, 1.82) is 0 Å². The van der Waals surface area contributed by atoms with Crippen molar-refractivity contribution < 1.29 is 28.7 Å². The number of rotatable bonds is 13. The molecule has 0 aliphatic rings. The average molecular weight is 510 g/mol. The van der Waals surface area contributed by atoms with Crippen molar-refractivity contribution in [1.82, 2.24) is 0 Å². The van der Waals surface area contributed by atoms with Crippen LogP contribution in [0.3, 0.4) is 0 Å². The molecule has 37 heavy (non-hydrogen) atoms. The standard InChI is InChI=1S/C24H27NO5.C5H8O2/c1-19(2)24(26)30-18-6-4-3-5-17-29-23-15-11-21(12-16-23)8-7-20-9-13-22(14-10-20)25(27)28;1-4(2)5(6)7-3/h7-16H,1,3-6,17-18H2,2H3;1H2,2-3H3. The Morgan fingerprint density at radius 3 is 1.73 bits per heavy atom. The summed E-state index contributed by atoms with van der Waals surface area (Å²) in [7, 11) is 1.33. The molecule has 0 unspecified atom stereocenters. The lowest BCUT2D eigenvalue weighted by Crippen LogP contribution is -2.06. The molecule has 8 nitrogen and oxygen atoms in total. The fourth-order valence-corrected chi connectivity index (χ4v) is 2.78. The van der Waals surface area contributed by atoms with Crippen molar-refractivity contribution in [3.8, 4) is 5.75 Å². The van der Waals surface area contributed by atoms with E-state index in [1.807, 2.05) is 36.4 Å². The molecule has 8 heteroatoms.